The summed E-state index contributed by atoms with van der Waals surface area (Å²) in [5.41, 5.74) is -1.99. The van der Waals surface area contributed by atoms with Gasteiger partial charge in [0.1, 0.15) is 5.60 Å². The van der Waals surface area contributed by atoms with Crippen LogP contribution >= 0.6 is 0 Å². The zero-order chi connectivity index (χ0) is 14.1. The topological polar surface area (TPSA) is 83.9 Å². The molecule has 0 aliphatic carbocycles. The second-order valence-corrected chi connectivity index (χ2v) is 7.84. The SMILES string of the molecule is CC(C)(C)OC(=O)N1CCC(C(O)S(C)(=O)=O)C1. The van der Waals surface area contributed by atoms with Crippen molar-refractivity contribution in [2.24, 2.45) is 5.92 Å². The third-order valence-electron chi connectivity index (χ3n) is 2.72. The van der Waals surface area contributed by atoms with E-state index in [1.165, 1.54) is 4.90 Å². The lowest BCUT2D eigenvalue weighted by Crippen LogP contribution is -2.37. The van der Waals surface area contributed by atoms with Crippen LogP contribution in [0.25, 0.3) is 0 Å². The normalized spacial score (nSPS) is 22.9. The predicted octanol–water partition coefficient (Wildman–Crippen LogP) is 0.606. The minimum Gasteiger partial charge on any atom is -0.444 e. The number of aliphatic hydroxyl groups is 1. The maximum Gasteiger partial charge on any atom is 0.410 e. The molecule has 1 amide bonds. The van der Waals surface area contributed by atoms with E-state index in [0.29, 0.717) is 13.0 Å². The fraction of sp³-hybridized carbons (Fsp3) is 0.909. The Balaban J connectivity index is 2.59. The Bertz CT molecular complexity index is 412. The van der Waals surface area contributed by atoms with Crippen molar-refractivity contribution in [3.63, 3.8) is 0 Å². The number of likely N-dealkylation sites (tertiary alicyclic amines) is 1. The largest absolute Gasteiger partial charge is 0.444 e. The van der Waals surface area contributed by atoms with E-state index in [-0.39, 0.29) is 6.54 Å². The van der Waals surface area contributed by atoms with Crippen LogP contribution in [0.4, 0.5) is 4.79 Å². The predicted molar refractivity (Wildman–Crippen MR) is 66.8 cm³/mol. The van der Waals surface area contributed by atoms with Gasteiger partial charge in [-0.1, -0.05) is 0 Å². The van der Waals surface area contributed by atoms with Gasteiger partial charge in [-0.2, -0.15) is 0 Å². The second-order valence-electron chi connectivity index (χ2n) is 5.70. The zero-order valence-electron chi connectivity index (χ0n) is 11.2. The maximum absolute atomic E-state index is 11.8. The number of rotatable bonds is 2. The minimum absolute atomic E-state index is 0.211. The number of amides is 1. The number of sulfone groups is 1. The van der Waals surface area contributed by atoms with Crippen molar-refractivity contribution in [3.05, 3.63) is 0 Å². The van der Waals surface area contributed by atoms with Gasteiger partial charge in [-0.15, -0.1) is 0 Å². The van der Waals surface area contributed by atoms with Gasteiger partial charge in [0.2, 0.25) is 0 Å². The van der Waals surface area contributed by atoms with E-state index in [4.69, 9.17) is 4.74 Å². The van der Waals surface area contributed by atoms with Crippen molar-refractivity contribution in [2.45, 2.75) is 38.2 Å². The summed E-state index contributed by atoms with van der Waals surface area (Å²) in [7, 11) is -3.49. The summed E-state index contributed by atoms with van der Waals surface area (Å²) in [6, 6.07) is 0. The lowest BCUT2D eigenvalue weighted by atomic mass is 10.1. The maximum atomic E-state index is 11.8. The molecule has 1 rings (SSSR count). The Kier molecular flexibility index (Phi) is 4.27. The van der Waals surface area contributed by atoms with Crippen LogP contribution in [-0.2, 0) is 14.6 Å². The highest BCUT2D eigenvalue weighted by Crippen LogP contribution is 2.24. The fourth-order valence-corrected chi connectivity index (χ4v) is 2.78. The van der Waals surface area contributed by atoms with Crippen molar-refractivity contribution in [1.29, 1.82) is 0 Å². The third-order valence-corrected chi connectivity index (χ3v) is 3.98. The first-order valence-electron chi connectivity index (χ1n) is 5.85. The zero-order valence-corrected chi connectivity index (χ0v) is 12.0. The van der Waals surface area contributed by atoms with Gasteiger partial charge >= 0.3 is 6.09 Å². The van der Waals surface area contributed by atoms with Crippen LogP contribution in [0.5, 0.6) is 0 Å². The van der Waals surface area contributed by atoms with Crippen LogP contribution < -0.4 is 0 Å². The molecule has 0 aromatic carbocycles. The van der Waals surface area contributed by atoms with Crippen LogP contribution in [-0.4, -0.2) is 54.9 Å². The molecule has 0 saturated carbocycles. The monoisotopic (exact) mass is 279 g/mol. The van der Waals surface area contributed by atoms with Crippen LogP contribution in [0, 0.1) is 5.92 Å². The number of carbonyl (C=O) groups is 1. The Labute approximate surface area is 108 Å². The summed E-state index contributed by atoms with van der Waals surface area (Å²) in [5, 5.41) is 9.65. The van der Waals surface area contributed by atoms with Crippen molar-refractivity contribution in [3.8, 4) is 0 Å². The molecule has 1 fully saturated rings. The molecule has 1 aliphatic rings. The fourth-order valence-electron chi connectivity index (χ4n) is 1.86. The van der Waals surface area contributed by atoms with E-state index in [9.17, 15) is 18.3 Å². The summed E-state index contributed by atoms with van der Waals surface area (Å²) in [6.45, 7) is 5.92. The van der Waals surface area contributed by atoms with Crippen LogP contribution in [0.2, 0.25) is 0 Å². The molecule has 7 heteroatoms. The van der Waals surface area contributed by atoms with E-state index in [1.54, 1.807) is 20.8 Å². The molecule has 0 aromatic heterocycles. The molecule has 2 atom stereocenters. The summed E-state index contributed by atoms with van der Waals surface area (Å²) < 4.78 is 27.7. The van der Waals surface area contributed by atoms with Crippen LogP contribution in [0.3, 0.4) is 0 Å². The molecule has 0 radical (unpaired) electrons. The van der Waals surface area contributed by atoms with E-state index in [0.717, 1.165) is 6.26 Å². The number of hydrogen-bond acceptors (Lipinski definition) is 5. The number of carbonyl (C=O) groups excluding carboxylic acids is 1. The molecule has 0 bridgehead atoms. The quantitative estimate of drug-likeness (QED) is 0.800. The van der Waals surface area contributed by atoms with Crippen molar-refractivity contribution in [2.75, 3.05) is 19.3 Å². The average molecular weight is 279 g/mol. The molecular weight excluding hydrogens is 258 g/mol. The number of aliphatic hydroxyl groups excluding tert-OH is 1. The molecule has 0 spiro atoms. The van der Waals surface area contributed by atoms with Crippen LogP contribution in [0.15, 0.2) is 0 Å². The highest BCUT2D eigenvalue weighted by molar-refractivity contribution is 7.91. The van der Waals surface area contributed by atoms with Gasteiger partial charge in [0, 0.05) is 25.3 Å². The van der Waals surface area contributed by atoms with Gasteiger partial charge in [0.15, 0.2) is 15.3 Å². The van der Waals surface area contributed by atoms with Gasteiger partial charge < -0.3 is 14.7 Å². The summed E-state index contributed by atoms with van der Waals surface area (Å²) >= 11 is 0. The van der Waals surface area contributed by atoms with E-state index in [2.05, 4.69) is 0 Å². The smallest absolute Gasteiger partial charge is 0.410 e. The molecule has 106 valence electrons. The molecule has 2 unspecified atom stereocenters. The number of nitrogens with zero attached hydrogens (tertiary/aromatic N) is 1. The van der Waals surface area contributed by atoms with Gasteiger partial charge in [-0.25, -0.2) is 13.2 Å². The first kappa shape index (κ1) is 15.2. The number of hydrogen-bond donors (Lipinski definition) is 1. The lowest BCUT2D eigenvalue weighted by Gasteiger charge is -2.24. The van der Waals surface area contributed by atoms with Crippen molar-refractivity contribution < 1.29 is 23.1 Å². The van der Waals surface area contributed by atoms with Gasteiger partial charge in [0.05, 0.1) is 0 Å². The van der Waals surface area contributed by atoms with E-state index in [1.807, 2.05) is 0 Å². The molecule has 6 nitrogen and oxygen atoms in total. The Hall–Kier alpha value is -0.820. The van der Waals surface area contributed by atoms with Gasteiger partial charge in [-0.05, 0) is 27.2 Å². The van der Waals surface area contributed by atoms with E-state index < -0.39 is 32.9 Å². The summed E-state index contributed by atoms with van der Waals surface area (Å²) in [5.74, 6) is -0.437. The highest BCUT2D eigenvalue weighted by Gasteiger charge is 2.37. The second kappa shape index (κ2) is 5.05. The van der Waals surface area contributed by atoms with Crippen molar-refractivity contribution >= 4 is 15.9 Å². The molecule has 1 saturated heterocycles. The molecule has 1 aliphatic heterocycles. The Morgan fingerprint density at radius 3 is 2.44 bits per heavy atom. The summed E-state index contributed by atoms with van der Waals surface area (Å²) in [4.78, 5) is 13.2. The van der Waals surface area contributed by atoms with Gasteiger partial charge in [0.25, 0.3) is 0 Å². The number of ether oxygens (including phenoxy) is 1. The average Bonchev–Trinajstić information content (AvgIpc) is 2.60. The molecular formula is C11H21NO5S. The van der Waals surface area contributed by atoms with Crippen LogP contribution in [0.1, 0.15) is 27.2 Å². The lowest BCUT2D eigenvalue weighted by molar-refractivity contribution is 0.0280. The Morgan fingerprint density at radius 2 is 2.00 bits per heavy atom. The molecule has 18 heavy (non-hydrogen) atoms. The summed E-state index contributed by atoms with van der Waals surface area (Å²) in [6.07, 6.45) is 0.993. The molecule has 1 N–H and O–H groups in total. The highest BCUT2D eigenvalue weighted by atomic mass is 32.2. The first-order chi connectivity index (χ1) is 8.00. The molecule has 1 heterocycles. The van der Waals surface area contributed by atoms with Crippen molar-refractivity contribution in [1.82, 2.24) is 4.90 Å². The standard InChI is InChI=1S/C11H21NO5S/c1-11(2,3)17-10(14)12-6-5-8(7-12)9(13)18(4,15)16/h8-9,13H,5-7H2,1-4H3. The minimum atomic E-state index is -3.49. The first-order valence-corrected chi connectivity index (χ1v) is 7.81. The van der Waals surface area contributed by atoms with Gasteiger partial charge in [-0.3, -0.25) is 0 Å². The van der Waals surface area contributed by atoms with E-state index >= 15 is 0 Å². The third kappa shape index (κ3) is 4.13. The Morgan fingerprint density at radius 1 is 1.44 bits per heavy atom. The molecule has 0 aromatic rings.